The summed E-state index contributed by atoms with van der Waals surface area (Å²) in [7, 11) is -2.82. The molecule has 7 heteroatoms. The first-order valence-electron chi connectivity index (χ1n) is 8.04. The van der Waals surface area contributed by atoms with Crippen LogP contribution in [0.1, 0.15) is 6.42 Å². The molecule has 2 heterocycles. The fourth-order valence-electron chi connectivity index (χ4n) is 3.32. The molecule has 126 valence electrons. The Morgan fingerprint density at radius 1 is 1.22 bits per heavy atom. The lowest BCUT2D eigenvalue weighted by Crippen LogP contribution is -3.18. The van der Waals surface area contributed by atoms with Gasteiger partial charge in [0, 0.05) is 11.3 Å². The lowest BCUT2D eigenvalue weighted by molar-refractivity contribution is -0.925. The molecule has 1 amide bonds. The monoisotopic (exact) mass is 355 g/mol. The Labute approximate surface area is 141 Å². The molecule has 1 N–H and O–H groups in total. The molecule has 0 bridgehead atoms. The number of amides is 1. The molecule has 0 aliphatic carbocycles. The van der Waals surface area contributed by atoms with Crippen LogP contribution in [0.3, 0.4) is 0 Å². The highest BCUT2D eigenvalue weighted by atomic mass is 32.2. The van der Waals surface area contributed by atoms with E-state index in [1.807, 2.05) is 35.2 Å². The fourth-order valence-corrected chi connectivity index (χ4v) is 5.97. The van der Waals surface area contributed by atoms with Crippen LogP contribution in [-0.4, -0.2) is 68.7 Å². The molecule has 0 radical (unpaired) electrons. The molecule has 0 unspecified atom stereocenters. The van der Waals surface area contributed by atoms with E-state index < -0.39 is 9.84 Å². The standard InChI is InChI=1S/C16H22N2O3S2/c19-16(12-22-15-4-2-1-3-5-15)18-9-7-17(8-10-18)14-6-11-23(20,21)13-14/h1-5,14H,6-13H2/p+1/t14-/m1/s1. The van der Waals surface area contributed by atoms with Crippen molar-refractivity contribution in [2.24, 2.45) is 0 Å². The second-order valence-electron chi connectivity index (χ2n) is 6.24. The van der Waals surface area contributed by atoms with Gasteiger partial charge in [-0.1, -0.05) is 18.2 Å². The molecule has 1 aromatic carbocycles. The molecular weight excluding hydrogens is 332 g/mol. The van der Waals surface area contributed by atoms with Crippen LogP contribution in [-0.2, 0) is 14.6 Å². The third kappa shape index (κ3) is 4.49. The number of carbonyl (C=O) groups excluding carboxylic acids is 1. The number of quaternary nitrogens is 1. The second-order valence-corrected chi connectivity index (χ2v) is 9.52. The number of benzene rings is 1. The normalized spacial score (nSPS) is 24.7. The van der Waals surface area contributed by atoms with Crippen LogP contribution >= 0.6 is 11.8 Å². The van der Waals surface area contributed by atoms with Crippen molar-refractivity contribution in [2.75, 3.05) is 43.4 Å². The first kappa shape index (κ1) is 16.8. The van der Waals surface area contributed by atoms with E-state index in [-0.39, 0.29) is 11.9 Å². The molecule has 2 saturated heterocycles. The van der Waals surface area contributed by atoms with Gasteiger partial charge >= 0.3 is 0 Å². The van der Waals surface area contributed by atoms with Crippen LogP contribution in [0.15, 0.2) is 35.2 Å². The van der Waals surface area contributed by atoms with Gasteiger partial charge in [0.1, 0.15) is 11.8 Å². The van der Waals surface area contributed by atoms with Crippen molar-refractivity contribution >= 4 is 27.5 Å². The maximum atomic E-state index is 12.3. The van der Waals surface area contributed by atoms with Gasteiger partial charge in [0.25, 0.3) is 0 Å². The summed E-state index contributed by atoms with van der Waals surface area (Å²) < 4.78 is 23.2. The maximum absolute atomic E-state index is 12.3. The lowest BCUT2D eigenvalue weighted by Gasteiger charge is -2.35. The number of thioether (sulfide) groups is 1. The summed E-state index contributed by atoms with van der Waals surface area (Å²) in [6.45, 7) is 3.20. The van der Waals surface area contributed by atoms with Gasteiger partial charge in [-0.25, -0.2) is 8.42 Å². The molecule has 2 aliphatic rings. The Kier molecular flexibility index (Phi) is 5.28. The smallest absolute Gasteiger partial charge is 0.233 e. The van der Waals surface area contributed by atoms with E-state index in [2.05, 4.69) is 0 Å². The average Bonchev–Trinajstić information content (AvgIpc) is 2.94. The minimum absolute atomic E-state index is 0.178. The zero-order valence-corrected chi connectivity index (χ0v) is 14.7. The molecule has 3 rings (SSSR count). The number of hydrogen-bond acceptors (Lipinski definition) is 4. The van der Waals surface area contributed by atoms with Crippen molar-refractivity contribution in [3.63, 3.8) is 0 Å². The van der Waals surface area contributed by atoms with E-state index >= 15 is 0 Å². The van der Waals surface area contributed by atoms with E-state index in [1.165, 1.54) is 4.90 Å². The van der Waals surface area contributed by atoms with E-state index in [0.29, 0.717) is 17.3 Å². The Bertz CT molecular complexity index is 641. The summed E-state index contributed by atoms with van der Waals surface area (Å²) in [6, 6.07) is 10.2. The van der Waals surface area contributed by atoms with Crippen LogP contribution in [0, 0.1) is 0 Å². The quantitative estimate of drug-likeness (QED) is 0.753. The van der Waals surface area contributed by atoms with Crippen LogP contribution in [0.2, 0.25) is 0 Å². The van der Waals surface area contributed by atoms with Gasteiger partial charge < -0.3 is 9.80 Å². The van der Waals surface area contributed by atoms with Crippen molar-refractivity contribution in [2.45, 2.75) is 17.4 Å². The fraction of sp³-hybridized carbons (Fsp3) is 0.562. The summed E-state index contributed by atoms with van der Waals surface area (Å²) >= 11 is 1.57. The van der Waals surface area contributed by atoms with Gasteiger partial charge in [-0.05, 0) is 12.1 Å². The van der Waals surface area contributed by atoms with Crippen molar-refractivity contribution in [1.29, 1.82) is 0 Å². The molecule has 1 aromatic rings. The summed E-state index contributed by atoms with van der Waals surface area (Å²) in [6.07, 6.45) is 0.773. The zero-order valence-electron chi connectivity index (χ0n) is 13.1. The Balaban J connectivity index is 1.44. The van der Waals surface area contributed by atoms with E-state index in [4.69, 9.17) is 0 Å². The molecule has 0 aromatic heterocycles. The molecule has 2 fully saturated rings. The minimum Gasteiger partial charge on any atom is -0.331 e. The molecule has 1 atom stereocenters. The van der Waals surface area contributed by atoms with Crippen molar-refractivity contribution < 1.29 is 18.1 Å². The summed E-state index contributed by atoms with van der Waals surface area (Å²) in [5.41, 5.74) is 0. The number of piperazine rings is 1. The Morgan fingerprint density at radius 2 is 1.91 bits per heavy atom. The number of rotatable bonds is 4. The van der Waals surface area contributed by atoms with Gasteiger partial charge in [-0.15, -0.1) is 11.8 Å². The number of nitrogens with zero attached hydrogens (tertiary/aromatic N) is 1. The molecule has 2 aliphatic heterocycles. The highest BCUT2D eigenvalue weighted by molar-refractivity contribution is 8.00. The summed E-state index contributed by atoms with van der Waals surface area (Å²) in [4.78, 5) is 16.7. The largest absolute Gasteiger partial charge is 0.331 e. The van der Waals surface area contributed by atoms with E-state index in [0.717, 1.165) is 37.5 Å². The first-order valence-corrected chi connectivity index (χ1v) is 10.8. The highest BCUT2D eigenvalue weighted by Gasteiger charge is 2.37. The van der Waals surface area contributed by atoms with Crippen LogP contribution in [0.25, 0.3) is 0 Å². The number of sulfone groups is 1. The summed E-state index contributed by atoms with van der Waals surface area (Å²) in [5, 5.41) is 0. The third-order valence-corrected chi connectivity index (χ3v) is 7.44. The second kappa shape index (κ2) is 7.23. The minimum atomic E-state index is -2.82. The van der Waals surface area contributed by atoms with Crippen LogP contribution in [0.4, 0.5) is 0 Å². The third-order valence-electron chi connectivity index (χ3n) is 4.67. The molecule has 0 saturated carbocycles. The molecule has 5 nitrogen and oxygen atoms in total. The highest BCUT2D eigenvalue weighted by Crippen LogP contribution is 2.17. The first-order chi connectivity index (χ1) is 11.0. The molecule has 0 spiro atoms. The van der Waals surface area contributed by atoms with Crippen molar-refractivity contribution in [3.8, 4) is 0 Å². The SMILES string of the molecule is O=C(CSc1ccccc1)N1CC[NH+]([C@@H]2CCS(=O)(=O)C2)CC1. The predicted octanol–water partition coefficient (Wildman–Crippen LogP) is -0.307. The van der Waals surface area contributed by atoms with Gasteiger partial charge in [-0.3, -0.25) is 4.79 Å². The maximum Gasteiger partial charge on any atom is 0.233 e. The summed E-state index contributed by atoms with van der Waals surface area (Å²) in [5.74, 6) is 1.30. The van der Waals surface area contributed by atoms with E-state index in [1.54, 1.807) is 11.8 Å². The van der Waals surface area contributed by atoms with Crippen LogP contribution in [0.5, 0.6) is 0 Å². The Hall–Kier alpha value is -1.05. The van der Waals surface area contributed by atoms with Gasteiger partial charge in [0.15, 0.2) is 9.84 Å². The number of carbonyl (C=O) groups is 1. The predicted molar refractivity (Wildman–Crippen MR) is 91.5 cm³/mol. The van der Waals surface area contributed by atoms with Crippen molar-refractivity contribution in [1.82, 2.24) is 4.90 Å². The van der Waals surface area contributed by atoms with Gasteiger partial charge in [0.2, 0.25) is 5.91 Å². The average molecular weight is 356 g/mol. The number of nitrogens with one attached hydrogen (secondary N) is 1. The van der Waals surface area contributed by atoms with Gasteiger partial charge in [0.05, 0.1) is 37.7 Å². The van der Waals surface area contributed by atoms with Crippen LogP contribution < -0.4 is 4.90 Å². The van der Waals surface area contributed by atoms with E-state index in [9.17, 15) is 13.2 Å². The lowest BCUT2D eigenvalue weighted by atomic mass is 10.2. The van der Waals surface area contributed by atoms with Gasteiger partial charge in [-0.2, -0.15) is 0 Å². The molecule has 23 heavy (non-hydrogen) atoms. The topological polar surface area (TPSA) is 58.9 Å². The molecular formula is C16H23N2O3S2+. The van der Waals surface area contributed by atoms with Crippen molar-refractivity contribution in [3.05, 3.63) is 30.3 Å². The number of hydrogen-bond donors (Lipinski definition) is 1. The zero-order chi connectivity index (χ0) is 16.3. The Morgan fingerprint density at radius 3 is 2.52 bits per heavy atom.